The predicted octanol–water partition coefficient (Wildman–Crippen LogP) is 1.02. The van der Waals surface area contributed by atoms with E-state index < -0.39 is 29.9 Å². The highest BCUT2D eigenvalue weighted by atomic mass is 19.1. The summed E-state index contributed by atoms with van der Waals surface area (Å²) >= 11 is 0. The van der Waals surface area contributed by atoms with Gasteiger partial charge in [-0.2, -0.15) is 0 Å². The number of carbonyl (C=O) groups is 1. The topological polar surface area (TPSA) is 55.8 Å². The predicted molar refractivity (Wildman–Crippen MR) is 50.8 cm³/mol. The molecule has 0 aromatic heterocycles. The standard InChI is InChI=1S/C10H17FO4/c1-10(2,3)9(13)14-5-7-6(11)4-8(12)15-7/h6-8,12H,4-5H2,1-3H3/t6-,7+,8-/m0/s1. The number of aliphatic hydroxyl groups is 1. The lowest BCUT2D eigenvalue weighted by Crippen LogP contribution is -2.30. The van der Waals surface area contributed by atoms with E-state index in [4.69, 9.17) is 14.6 Å². The van der Waals surface area contributed by atoms with Crippen molar-refractivity contribution in [3.05, 3.63) is 0 Å². The first-order valence-corrected chi connectivity index (χ1v) is 4.95. The van der Waals surface area contributed by atoms with Crippen molar-refractivity contribution >= 4 is 5.97 Å². The van der Waals surface area contributed by atoms with Crippen LogP contribution in [0, 0.1) is 5.41 Å². The second-order valence-electron chi connectivity index (χ2n) is 4.73. The van der Waals surface area contributed by atoms with Crippen molar-refractivity contribution in [3.8, 4) is 0 Å². The molecule has 0 aromatic rings. The van der Waals surface area contributed by atoms with Gasteiger partial charge < -0.3 is 14.6 Å². The van der Waals surface area contributed by atoms with Crippen molar-refractivity contribution in [2.45, 2.75) is 45.8 Å². The van der Waals surface area contributed by atoms with Crippen LogP contribution in [-0.2, 0) is 14.3 Å². The van der Waals surface area contributed by atoms with Crippen LogP contribution in [0.15, 0.2) is 0 Å². The normalized spacial score (nSPS) is 31.7. The molecule has 1 aliphatic heterocycles. The fourth-order valence-electron chi connectivity index (χ4n) is 1.20. The number of hydrogen-bond donors (Lipinski definition) is 1. The first kappa shape index (κ1) is 12.4. The van der Waals surface area contributed by atoms with E-state index in [0.29, 0.717) is 0 Å². The third-order valence-corrected chi connectivity index (χ3v) is 2.15. The Balaban J connectivity index is 2.35. The highest BCUT2D eigenvalue weighted by molar-refractivity contribution is 5.75. The Bertz CT molecular complexity index is 236. The monoisotopic (exact) mass is 220 g/mol. The quantitative estimate of drug-likeness (QED) is 0.706. The van der Waals surface area contributed by atoms with Gasteiger partial charge in [-0.25, -0.2) is 4.39 Å². The van der Waals surface area contributed by atoms with Gasteiger partial charge in [0, 0.05) is 6.42 Å². The second kappa shape index (κ2) is 4.45. The number of carbonyl (C=O) groups excluding carboxylic acids is 1. The summed E-state index contributed by atoms with van der Waals surface area (Å²) in [5, 5.41) is 8.99. The Labute approximate surface area is 88.4 Å². The lowest BCUT2D eigenvalue weighted by molar-refractivity contribution is -0.162. The number of alkyl halides is 1. The second-order valence-corrected chi connectivity index (χ2v) is 4.73. The molecule has 1 heterocycles. The molecule has 0 spiro atoms. The van der Waals surface area contributed by atoms with E-state index in [1.807, 2.05) is 0 Å². The summed E-state index contributed by atoms with van der Waals surface area (Å²) in [5.74, 6) is -0.403. The zero-order chi connectivity index (χ0) is 11.6. The highest BCUT2D eigenvalue weighted by Crippen LogP contribution is 2.23. The summed E-state index contributed by atoms with van der Waals surface area (Å²) in [6, 6.07) is 0. The molecule has 0 radical (unpaired) electrons. The maximum absolute atomic E-state index is 13.1. The van der Waals surface area contributed by atoms with Crippen molar-refractivity contribution < 1.29 is 23.8 Å². The van der Waals surface area contributed by atoms with Crippen molar-refractivity contribution in [2.24, 2.45) is 5.41 Å². The Kier molecular flexibility index (Phi) is 3.67. The Morgan fingerprint density at radius 2 is 2.20 bits per heavy atom. The van der Waals surface area contributed by atoms with Crippen LogP contribution in [0.2, 0.25) is 0 Å². The minimum atomic E-state index is -1.27. The third kappa shape index (κ3) is 3.43. The molecule has 15 heavy (non-hydrogen) atoms. The van der Waals surface area contributed by atoms with E-state index in [1.54, 1.807) is 20.8 Å². The van der Waals surface area contributed by atoms with E-state index in [9.17, 15) is 9.18 Å². The maximum Gasteiger partial charge on any atom is 0.311 e. The summed E-state index contributed by atoms with van der Waals surface area (Å²) in [7, 11) is 0. The lowest BCUT2D eigenvalue weighted by Gasteiger charge is -2.19. The van der Waals surface area contributed by atoms with E-state index in [2.05, 4.69) is 0 Å². The molecule has 0 aromatic carbocycles. The fourth-order valence-corrected chi connectivity index (χ4v) is 1.20. The van der Waals surface area contributed by atoms with Gasteiger partial charge in [-0.1, -0.05) is 0 Å². The van der Waals surface area contributed by atoms with Gasteiger partial charge in [0.15, 0.2) is 6.29 Å². The van der Waals surface area contributed by atoms with Gasteiger partial charge in [0.25, 0.3) is 0 Å². The summed E-state index contributed by atoms with van der Waals surface area (Å²) in [4.78, 5) is 11.3. The number of hydrogen-bond acceptors (Lipinski definition) is 4. The summed E-state index contributed by atoms with van der Waals surface area (Å²) in [6.45, 7) is 5.00. The molecule has 0 aliphatic carbocycles. The molecule has 1 N–H and O–H groups in total. The molecule has 0 amide bonds. The van der Waals surface area contributed by atoms with E-state index in [-0.39, 0.29) is 13.0 Å². The van der Waals surface area contributed by atoms with Crippen LogP contribution in [0.3, 0.4) is 0 Å². The van der Waals surface area contributed by atoms with Gasteiger partial charge in [0.05, 0.1) is 5.41 Å². The molecule has 1 aliphatic rings. The number of aliphatic hydroxyl groups excluding tert-OH is 1. The molecule has 3 atom stereocenters. The van der Waals surface area contributed by atoms with Crippen LogP contribution >= 0.6 is 0 Å². The van der Waals surface area contributed by atoms with E-state index >= 15 is 0 Å². The van der Waals surface area contributed by atoms with Gasteiger partial charge in [0.2, 0.25) is 0 Å². The van der Waals surface area contributed by atoms with Crippen molar-refractivity contribution in [3.63, 3.8) is 0 Å². The Morgan fingerprint density at radius 1 is 1.60 bits per heavy atom. The number of halogens is 1. The number of rotatable bonds is 2. The van der Waals surface area contributed by atoms with Crippen molar-refractivity contribution in [2.75, 3.05) is 6.61 Å². The number of ether oxygens (including phenoxy) is 2. The first-order chi connectivity index (χ1) is 6.80. The minimum absolute atomic E-state index is 0.0578. The van der Waals surface area contributed by atoms with Crippen LogP contribution < -0.4 is 0 Å². The lowest BCUT2D eigenvalue weighted by atomic mass is 9.97. The highest BCUT2D eigenvalue weighted by Gasteiger charge is 2.36. The minimum Gasteiger partial charge on any atom is -0.462 e. The molecular weight excluding hydrogens is 203 g/mol. The SMILES string of the molecule is CC(C)(C)C(=O)OC[C@H]1O[C@H](O)C[C@@H]1F. The van der Waals surface area contributed by atoms with E-state index in [0.717, 1.165) is 0 Å². The van der Waals surface area contributed by atoms with Crippen LogP contribution in [-0.4, -0.2) is 36.2 Å². The largest absolute Gasteiger partial charge is 0.462 e. The van der Waals surface area contributed by atoms with Crippen molar-refractivity contribution in [1.29, 1.82) is 0 Å². The molecule has 0 bridgehead atoms. The van der Waals surface area contributed by atoms with Crippen LogP contribution in [0.1, 0.15) is 27.2 Å². The molecule has 0 saturated carbocycles. The zero-order valence-corrected chi connectivity index (χ0v) is 9.20. The smallest absolute Gasteiger partial charge is 0.311 e. The Hall–Kier alpha value is -0.680. The molecular formula is C10H17FO4. The van der Waals surface area contributed by atoms with Crippen LogP contribution in [0.5, 0.6) is 0 Å². The van der Waals surface area contributed by atoms with Gasteiger partial charge in [0.1, 0.15) is 18.9 Å². The molecule has 1 rings (SSSR count). The summed E-state index contributed by atoms with van der Waals surface area (Å²) in [6.07, 6.45) is -3.25. The van der Waals surface area contributed by atoms with Gasteiger partial charge >= 0.3 is 5.97 Å². The average molecular weight is 220 g/mol. The van der Waals surface area contributed by atoms with Gasteiger partial charge in [-0.05, 0) is 20.8 Å². The molecule has 1 fully saturated rings. The van der Waals surface area contributed by atoms with Crippen molar-refractivity contribution in [1.82, 2.24) is 0 Å². The van der Waals surface area contributed by atoms with E-state index in [1.165, 1.54) is 0 Å². The molecule has 5 heteroatoms. The molecule has 1 saturated heterocycles. The average Bonchev–Trinajstić information content (AvgIpc) is 2.39. The summed E-state index contributed by atoms with van der Waals surface area (Å²) in [5.41, 5.74) is -0.608. The van der Waals surface area contributed by atoms with Gasteiger partial charge in [-0.15, -0.1) is 0 Å². The number of esters is 1. The first-order valence-electron chi connectivity index (χ1n) is 4.95. The fraction of sp³-hybridized carbons (Fsp3) is 0.900. The third-order valence-electron chi connectivity index (χ3n) is 2.15. The molecule has 88 valence electrons. The molecule has 0 unspecified atom stereocenters. The summed E-state index contributed by atoms with van der Waals surface area (Å²) < 4.78 is 22.8. The van der Waals surface area contributed by atoms with Crippen LogP contribution in [0.4, 0.5) is 4.39 Å². The van der Waals surface area contributed by atoms with Crippen LogP contribution in [0.25, 0.3) is 0 Å². The molecule has 4 nitrogen and oxygen atoms in total. The maximum atomic E-state index is 13.1. The Morgan fingerprint density at radius 3 is 2.60 bits per heavy atom. The zero-order valence-electron chi connectivity index (χ0n) is 9.20. The van der Waals surface area contributed by atoms with Gasteiger partial charge in [-0.3, -0.25) is 4.79 Å².